The zero-order chi connectivity index (χ0) is 19.6. The van der Waals surface area contributed by atoms with E-state index in [0.717, 1.165) is 37.9 Å². The smallest absolute Gasteiger partial charge is 0.191 e. The quantitative estimate of drug-likeness (QED) is 0.418. The second-order valence-electron chi connectivity index (χ2n) is 7.58. The molecule has 0 amide bonds. The molecule has 2 heterocycles. The van der Waals surface area contributed by atoms with Crippen LogP contribution in [0, 0.1) is 5.92 Å². The summed E-state index contributed by atoms with van der Waals surface area (Å²) in [7, 11) is 0. The highest BCUT2D eigenvalue weighted by atomic mass is 15.3. The summed E-state index contributed by atoms with van der Waals surface area (Å²) in [6.07, 6.45) is 7.41. The summed E-state index contributed by atoms with van der Waals surface area (Å²) >= 11 is 0. The van der Waals surface area contributed by atoms with Gasteiger partial charge in [-0.3, -0.25) is 4.68 Å². The van der Waals surface area contributed by atoms with E-state index in [2.05, 4.69) is 58.7 Å². The molecule has 2 aromatic rings. The highest BCUT2D eigenvalue weighted by molar-refractivity contribution is 5.79. The maximum Gasteiger partial charge on any atom is 0.191 e. The third kappa shape index (κ3) is 6.29. The Balaban J connectivity index is 1.46. The van der Waals surface area contributed by atoms with Crippen LogP contribution in [-0.4, -0.2) is 41.9 Å². The molecule has 1 aliphatic heterocycles. The highest BCUT2D eigenvalue weighted by Gasteiger charge is 2.15. The van der Waals surface area contributed by atoms with Gasteiger partial charge in [0.1, 0.15) is 0 Å². The van der Waals surface area contributed by atoms with Crippen molar-refractivity contribution in [3.05, 3.63) is 48.3 Å². The van der Waals surface area contributed by atoms with Crippen LogP contribution in [0.15, 0.2) is 47.7 Å². The van der Waals surface area contributed by atoms with Gasteiger partial charge in [-0.05, 0) is 55.9 Å². The normalized spacial score (nSPS) is 15.6. The summed E-state index contributed by atoms with van der Waals surface area (Å²) in [4.78, 5) is 7.23. The van der Waals surface area contributed by atoms with Gasteiger partial charge in [0.15, 0.2) is 5.96 Å². The van der Waals surface area contributed by atoms with Crippen molar-refractivity contribution in [3.63, 3.8) is 0 Å². The Kier molecular flexibility index (Phi) is 7.76. The minimum Gasteiger partial charge on any atom is -0.372 e. The SMILES string of the molecule is CCNC(=NCc1ccc(N2CCC(C)CC2)cc1)NCCCn1cccn1. The third-order valence-corrected chi connectivity index (χ3v) is 5.26. The van der Waals surface area contributed by atoms with Crippen LogP contribution in [-0.2, 0) is 13.1 Å². The third-order valence-electron chi connectivity index (χ3n) is 5.26. The van der Waals surface area contributed by atoms with Crippen molar-refractivity contribution >= 4 is 11.6 Å². The van der Waals surface area contributed by atoms with E-state index in [4.69, 9.17) is 4.99 Å². The van der Waals surface area contributed by atoms with Crippen molar-refractivity contribution in [2.75, 3.05) is 31.1 Å². The lowest BCUT2D eigenvalue weighted by Gasteiger charge is -2.32. The molecule has 0 radical (unpaired) electrons. The second-order valence-corrected chi connectivity index (χ2v) is 7.58. The van der Waals surface area contributed by atoms with Crippen molar-refractivity contribution in [1.82, 2.24) is 20.4 Å². The Morgan fingerprint density at radius 2 is 1.96 bits per heavy atom. The number of guanidine groups is 1. The minimum atomic E-state index is 0.686. The number of piperidine rings is 1. The molecule has 1 saturated heterocycles. The van der Waals surface area contributed by atoms with E-state index in [9.17, 15) is 0 Å². The van der Waals surface area contributed by atoms with E-state index >= 15 is 0 Å². The van der Waals surface area contributed by atoms with Gasteiger partial charge in [-0.15, -0.1) is 0 Å². The zero-order valence-electron chi connectivity index (χ0n) is 17.3. The van der Waals surface area contributed by atoms with Gasteiger partial charge < -0.3 is 15.5 Å². The van der Waals surface area contributed by atoms with E-state index in [-0.39, 0.29) is 0 Å². The lowest BCUT2D eigenvalue weighted by Crippen LogP contribution is -2.38. The summed E-state index contributed by atoms with van der Waals surface area (Å²) in [5.41, 5.74) is 2.58. The Hall–Kier alpha value is -2.50. The number of anilines is 1. The number of aliphatic imine (C=N–C) groups is 1. The Morgan fingerprint density at radius 3 is 2.64 bits per heavy atom. The van der Waals surface area contributed by atoms with E-state index < -0.39 is 0 Å². The van der Waals surface area contributed by atoms with Crippen LogP contribution in [0.3, 0.4) is 0 Å². The van der Waals surface area contributed by atoms with Crippen LogP contribution >= 0.6 is 0 Å². The van der Waals surface area contributed by atoms with Crippen LogP contribution < -0.4 is 15.5 Å². The molecule has 3 rings (SSSR count). The van der Waals surface area contributed by atoms with Crippen LogP contribution in [0.1, 0.15) is 38.7 Å². The number of hydrogen-bond acceptors (Lipinski definition) is 3. The van der Waals surface area contributed by atoms with Crippen molar-refractivity contribution in [3.8, 4) is 0 Å². The molecule has 0 atom stereocenters. The number of benzene rings is 1. The monoisotopic (exact) mass is 382 g/mol. The number of nitrogens with one attached hydrogen (secondary N) is 2. The van der Waals surface area contributed by atoms with Crippen LogP contribution in [0.5, 0.6) is 0 Å². The average Bonchev–Trinajstić information content (AvgIpc) is 3.24. The first-order valence-corrected chi connectivity index (χ1v) is 10.6. The average molecular weight is 383 g/mol. The first-order valence-electron chi connectivity index (χ1n) is 10.6. The predicted octanol–water partition coefficient (Wildman–Crippen LogP) is 3.26. The van der Waals surface area contributed by atoms with Crippen molar-refractivity contribution in [1.29, 1.82) is 0 Å². The first kappa shape index (κ1) is 20.2. The zero-order valence-corrected chi connectivity index (χ0v) is 17.3. The summed E-state index contributed by atoms with van der Waals surface area (Å²) in [6.45, 7) is 10.1. The molecule has 0 spiro atoms. The van der Waals surface area contributed by atoms with Gasteiger partial charge in [-0.1, -0.05) is 19.1 Å². The Bertz CT molecular complexity index is 699. The van der Waals surface area contributed by atoms with Gasteiger partial charge in [-0.2, -0.15) is 5.10 Å². The topological polar surface area (TPSA) is 57.5 Å². The summed E-state index contributed by atoms with van der Waals surface area (Å²) < 4.78 is 1.95. The molecule has 6 nitrogen and oxygen atoms in total. The van der Waals surface area contributed by atoms with Gasteiger partial charge in [0.2, 0.25) is 0 Å². The number of aryl methyl sites for hydroxylation is 1. The summed E-state index contributed by atoms with van der Waals surface area (Å²) in [6, 6.07) is 10.9. The van der Waals surface area contributed by atoms with Gasteiger partial charge in [-0.25, -0.2) is 4.99 Å². The molecule has 2 N–H and O–H groups in total. The van der Waals surface area contributed by atoms with Crippen LogP contribution in [0.25, 0.3) is 0 Å². The molecule has 1 aromatic heterocycles. The van der Waals surface area contributed by atoms with E-state index in [1.54, 1.807) is 0 Å². The highest BCUT2D eigenvalue weighted by Crippen LogP contribution is 2.23. The molecular formula is C22H34N6. The van der Waals surface area contributed by atoms with Crippen molar-refractivity contribution in [2.45, 2.75) is 46.2 Å². The van der Waals surface area contributed by atoms with E-state index in [0.29, 0.717) is 6.54 Å². The maximum absolute atomic E-state index is 4.73. The molecular weight excluding hydrogens is 348 g/mol. The molecule has 28 heavy (non-hydrogen) atoms. The molecule has 1 fully saturated rings. The molecule has 0 bridgehead atoms. The van der Waals surface area contributed by atoms with Crippen LogP contribution in [0.4, 0.5) is 5.69 Å². The molecule has 0 saturated carbocycles. The first-order chi connectivity index (χ1) is 13.7. The fraction of sp³-hybridized carbons (Fsp3) is 0.545. The van der Waals surface area contributed by atoms with Crippen LogP contribution in [0.2, 0.25) is 0 Å². The molecule has 6 heteroatoms. The fourth-order valence-corrected chi connectivity index (χ4v) is 3.47. The fourth-order valence-electron chi connectivity index (χ4n) is 3.47. The number of aromatic nitrogens is 2. The number of nitrogens with zero attached hydrogens (tertiary/aromatic N) is 4. The van der Waals surface area contributed by atoms with E-state index in [1.165, 1.54) is 37.2 Å². The number of rotatable bonds is 8. The summed E-state index contributed by atoms with van der Waals surface area (Å²) in [5, 5.41) is 11.0. The molecule has 152 valence electrons. The number of hydrogen-bond donors (Lipinski definition) is 2. The summed E-state index contributed by atoms with van der Waals surface area (Å²) in [5.74, 6) is 1.73. The predicted molar refractivity (Wildman–Crippen MR) is 117 cm³/mol. The molecule has 0 unspecified atom stereocenters. The maximum atomic E-state index is 4.73. The van der Waals surface area contributed by atoms with Crippen molar-refractivity contribution in [2.24, 2.45) is 10.9 Å². The standard InChI is InChI=1S/C22H34N6/c1-3-23-22(24-12-4-14-28-15-5-13-26-28)25-18-20-6-8-21(9-7-20)27-16-10-19(2)11-17-27/h5-9,13,15,19H,3-4,10-12,14,16-18H2,1-2H3,(H2,23,24,25). The minimum absolute atomic E-state index is 0.686. The van der Waals surface area contributed by atoms with Gasteiger partial charge in [0, 0.05) is 50.8 Å². The van der Waals surface area contributed by atoms with Gasteiger partial charge in [0.25, 0.3) is 0 Å². The lowest BCUT2D eigenvalue weighted by molar-refractivity contribution is 0.438. The molecule has 1 aromatic carbocycles. The molecule has 1 aliphatic rings. The Labute approximate surface area is 169 Å². The van der Waals surface area contributed by atoms with Gasteiger partial charge in [0.05, 0.1) is 6.54 Å². The van der Waals surface area contributed by atoms with Gasteiger partial charge >= 0.3 is 0 Å². The van der Waals surface area contributed by atoms with E-state index in [1.807, 2.05) is 23.1 Å². The Morgan fingerprint density at radius 1 is 1.18 bits per heavy atom. The van der Waals surface area contributed by atoms with Crippen molar-refractivity contribution < 1.29 is 0 Å². The lowest BCUT2D eigenvalue weighted by atomic mass is 9.99. The second kappa shape index (κ2) is 10.7. The molecule has 0 aliphatic carbocycles. The largest absolute Gasteiger partial charge is 0.372 e.